The normalized spacial score (nSPS) is 13.6. The Morgan fingerprint density at radius 1 is 0.303 bits per heavy atom. The molecule has 0 aliphatic rings. The number of hydrogen-bond donors (Lipinski definition) is 1. The Morgan fingerprint density at radius 3 is 0.808 bits per heavy atom. The number of nitrogens with zero attached hydrogens (tertiary/aromatic N) is 1. The minimum absolute atomic E-state index is 0.180. The smallest absolute Gasteiger partial charge is 0.361 e. The molecule has 0 aromatic rings. The standard InChI is InChI=1S/C90H149NO8/c1-6-8-10-12-14-16-18-20-22-24-26-28-30-32-34-36-38-40-41-42-43-44-45-46-47-49-50-52-54-56-58-60-62-64-66-68-70-72-74-76-78-80-87(92)97-84-86(85-98-90(89(94)95)96-83-82-91(3,4)5)99-88(93)81-79-77-75-73-71-69-67-65-63-61-59-57-55-53-51-48-39-37-35-33-31-29-27-25-23-21-19-17-15-13-11-9-7-2/h8-11,14-17,20-23,26-29,32-35,38-40,48,53,55,59,61,86,90H,6-7,12-13,18-19,24-25,30-31,36-37,41-47,49-52,54,56-58,60,62-85H2,1-5H3/p+1/b10-8-,11-9-,16-14-,17-15-,22-20-,23-21-,28-26-,29-27-,34-32-,35-33-,40-38-,48-39-,55-53-,61-59-. The van der Waals surface area contributed by atoms with Crippen LogP contribution < -0.4 is 0 Å². The number of carbonyl (C=O) groups excluding carboxylic acids is 2. The Balaban J connectivity index is 4.05. The van der Waals surface area contributed by atoms with Crippen molar-refractivity contribution in [2.24, 2.45) is 0 Å². The quantitative estimate of drug-likeness (QED) is 0.0211. The maximum Gasteiger partial charge on any atom is 0.361 e. The van der Waals surface area contributed by atoms with E-state index in [1.54, 1.807) is 0 Å². The van der Waals surface area contributed by atoms with Crippen LogP contribution in [-0.2, 0) is 33.3 Å². The van der Waals surface area contributed by atoms with Crippen LogP contribution in [0.15, 0.2) is 170 Å². The van der Waals surface area contributed by atoms with Gasteiger partial charge in [0.25, 0.3) is 6.29 Å². The van der Waals surface area contributed by atoms with Gasteiger partial charge in [0, 0.05) is 12.8 Å². The molecule has 0 rings (SSSR count). The van der Waals surface area contributed by atoms with E-state index in [2.05, 4.69) is 184 Å². The topological polar surface area (TPSA) is 108 Å². The molecule has 0 radical (unpaired) electrons. The molecule has 0 aliphatic carbocycles. The number of quaternary nitrogens is 1. The molecule has 0 bridgehead atoms. The van der Waals surface area contributed by atoms with Gasteiger partial charge < -0.3 is 28.5 Å². The van der Waals surface area contributed by atoms with Gasteiger partial charge in [0.2, 0.25) is 0 Å². The summed E-state index contributed by atoms with van der Waals surface area (Å²) in [6.45, 7) is 4.65. The summed E-state index contributed by atoms with van der Waals surface area (Å²) in [4.78, 5) is 37.8. The zero-order valence-electron chi connectivity index (χ0n) is 64.3. The first-order valence-corrected chi connectivity index (χ1v) is 40.3. The van der Waals surface area contributed by atoms with Crippen molar-refractivity contribution >= 4 is 17.9 Å². The van der Waals surface area contributed by atoms with Crippen molar-refractivity contribution in [3.8, 4) is 0 Å². The van der Waals surface area contributed by atoms with Gasteiger partial charge in [-0.25, -0.2) is 4.79 Å². The molecular weight excluding hydrogens is 1220 g/mol. The van der Waals surface area contributed by atoms with Crippen LogP contribution in [0.3, 0.4) is 0 Å². The van der Waals surface area contributed by atoms with E-state index in [-0.39, 0.29) is 32.2 Å². The van der Waals surface area contributed by atoms with E-state index in [4.69, 9.17) is 18.9 Å². The average molecular weight is 1370 g/mol. The van der Waals surface area contributed by atoms with Crippen LogP contribution in [0.5, 0.6) is 0 Å². The van der Waals surface area contributed by atoms with Gasteiger partial charge >= 0.3 is 17.9 Å². The van der Waals surface area contributed by atoms with Gasteiger partial charge in [-0.1, -0.05) is 351 Å². The van der Waals surface area contributed by atoms with Crippen LogP contribution in [0.2, 0.25) is 0 Å². The van der Waals surface area contributed by atoms with Crippen molar-refractivity contribution < 1.29 is 42.9 Å². The number of esters is 2. The summed E-state index contributed by atoms with van der Waals surface area (Å²) in [6.07, 6.45) is 115. The number of likely N-dealkylation sites (N-methyl/N-ethyl adjacent to an activating group) is 1. The third-order valence-electron chi connectivity index (χ3n) is 17.0. The molecule has 0 spiro atoms. The van der Waals surface area contributed by atoms with Gasteiger partial charge in [0.1, 0.15) is 13.2 Å². The van der Waals surface area contributed by atoms with Gasteiger partial charge in [-0.2, -0.15) is 0 Å². The number of unbranched alkanes of at least 4 members (excludes halogenated alkanes) is 30. The molecule has 2 atom stereocenters. The number of hydrogen-bond acceptors (Lipinski definition) is 7. The third kappa shape index (κ3) is 79.8. The van der Waals surface area contributed by atoms with E-state index in [1.807, 2.05) is 21.1 Å². The summed E-state index contributed by atoms with van der Waals surface area (Å²) in [6, 6.07) is 0. The lowest BCUT2D eigenvalue weighted by Gasteiger charge is -2.25. The van der Waals surface area contributed by atoms with E-state index < -0.39 is 24.3 Å². The van der Waals surface area contributed by atoms with Crippen molar-refractivity contribution in [1.29, 1.82) is 0 Å². The number of allylic oxidation sites excluding steroid dienone is 28. The molecule has 0 aromatic heterocycles. The van der Waals surface area contributed by atoms with Crippen LogP contribution in [0.1, 0.15) is 322 Å². The van der Waals surface area contributed by atoms with Gasteiger partial charge in [-0.3, -0.25) is 9.59 Å². The number of aliphatic carboxylic acids is 1. The van der Waals surface area contributed by atoms with E-state index in [0.717, 1.165) is 135 Å². The minimum atomic E-state index is -1.52. The maximum atomic E-state index is 13.0. The highest BCUT2D eigenvalue weighted by atomic mass is 16.7. The lowest BCUT2D eigenvalue weighted by atomic mass is 10.0. The Morgan fingerprint density at radius 2 is 0.545 bits per heavy atom. The van der Waals surface area contributed by atoms with Gasteiger partial charge in [0.05, 0.1) is 34.4 Å². The summed E-state index contributed by atoms with van der Waals surface area (Å²) >= 11 is 0. The van der Waals surface area contributed by atoms with E-state index in [9.17, 15) is 19.5 Å². The van der Waals surface area contributed by atoms with Crippen molar-refractivity contribution in [3.05, 3.63) is 170 Å². The lowest BCUT2D eigenvalue weighted by molar-refractivity contribution is -0.870. The highest BCUT2D eigenvalue weighted by molar-refractivity contribution is 5.71. The summed E-state index contributed by atoms with van der Waals surface area (Å²) in [5.41, 5.74) is 0. The first-order valence-electron chi connectivity index (χ1n) is 40.3. The minimum Gasteiger partial charge on any atom is -0.477 e. The Labute approximate surface area is 609 Å². The number of carboxylic acids is 1. The molecule has 0 saturated heterocycles. The lowest BCUT2D eigenvalue weighted by Crippen LogP contribution is -2.40. The van der Waals surface area contributed by atoms with Crippen molar-refractivity contribution in [1.82, 2.24) is 0 Å². The Hall–Kier alpha value is -5.35. The SMILES string of the molecule is CC/C=C\C/C=C\C/C=C\C/C=C\C/C=C\C/C=C\C/C=C\C/C=C\CCCCCCCCCCC(=O)OC(COC(=O)CCCCCCCCCCCCCCCCCCCCCCCC/C=C\C/C=C\C/C=C\C/C=C\C/C=C\C/C=C\CC)COC(OCC[N+](C)(C)C)C(=O)O. The molecule has 0 aliphatic heterocycles. The molecular formula is C90H150NO8+. The zero-order valence-corrected chi connectivity index (χ0v) is 64.3. The maximum absolute atomic E-state index is 13.0. The highest BCUT2D eigenvalue weighted by Gasteiger charge is 2.25. The first-order chi connectivity index (χ1) is 48.6. The van der Waals surface area contributed by atoms with Gasteiger partial charge in [0.15, 0.2) is 6.10 Å². The largest absolute Gasteiger partial charge is 0.477 e. The molecule has 99 heavy (non-hydrogen) atoms. The molecule has 0 fully saturated rings. The summed E-state index contributed by atoms with van der Waals surface area (Å²) in [7, 11) is 5.98. The predicted octanol–water partition coefficient (Wildman–Crippen LogP) is 26.1. The second-order valence-corrected chi connectivity index (χ2v) is 27.6. The fraction of sp³-hybridized carbons (Fsp3) is 0.656. The molecule has 9 heteroatoms. The van der Waals surface area contributed by atoms with Crippen LogP contribution >= 0.6 is 0 Å². The second kappa shape index (κ2) is 78.4. The predicted molar refractivity (Wildman–Crippen MR) is 428 cm³/mol. The first kappa shape index (κ1) is 93.6. The molecule has 0 heterocycles. The number of carbonyl (C=O) groups is 3. The van der Waals surface area contributed by atoms with E-state index in [1.165, 1.54) is 154 Å². The number of carboxylic acid groups (broad SMARTS) is 1. The molecule has 562 valence electrons. The summed E-state index contributed by atoms with van der Waals surface area (Å²) in [5, 5.41) is 9.78. The highest BCUT2D eigenvalue weighted by Crippen LogP contribution is 2.18. The Kier molecular flexibility index (Phi) is 74.1. The van der Waals surface area contributed by atoms with Crippen molar-refractivity contribution in [2.45, 2.75) is 334 Å². The fourth-order valence-corrected chi connectivity index (χ4v) is 10.9. The molecule has 0 aromatic carbocycles. The van der Waals surface area contributed by atoms with E-state index >= 15 is 0 Å². The number of rotatable bonds is 73. The number of ether oxygens (including phenoxy) is 4. The third-order valence-corrected chi connectivity index (χ3v) is 17.0. The van der Waals surface area contributed by atoms with Gasteiger partial charge in [-0.15, -0.1) is 0 Å². The van der Waals surface area contributed by atoms with Crippen LogP contribution in [0.4, 0.5) is 0 Å². The molecule has 9 nitrogen and oxygen atoms in total. The van der Waals surface area contributed by atoms with Crippen LogP contribution in [0, 0.1) is 0 Å². The Bertz CT molecular complexity index is 2240. The molecule has 0 amide bonds. The fourth-order valence-electron chi connectivity index (χ4n) is 10.9. The van der Waals surface area contributed by atoms with Crippen LogP contribution in [0.25, 0.3) is 0 Å². The van der Waals surface area contributed by atoms with Crippen molar-refractivity contribution in [3.63, 3.8) is 0 Å². The monoisotopic (exact) mass is 1370 g/mol. The van der Waals surface area contributed by atoms with Crippen LogP contribution in [-0.4, -0.2) is 87.4 Å². The summed E-state index contributed by atoms with van der Waals surface area (Å²) < 4.78 is 23.0. The second-order valence-electron chi connectivity index (χ2n) is 27.6. The van der Waals surface area contributed by atoms with E-state index in [0.29, 0.717) is 23.9 Å². The molecule has 1 N–H and O–H groups in total. The van der Waals surface area contributed by atoms with Gasteiger partial charge in [-0.05, 0) is 128 Å². The average Bonchev–Trinajstić information content (AvgIpc) is 1.57. The summed E-state index contributed by atoms with van der Waals surface area (Å²) in [5.74, 6) is -2.02. The molecule has 0 saturated carbocycles. The molecule has 2 unspecified atom stereocenters. The zero-order chi connectivity index (χ0) is 71.8. The van der Waals surface area contributed by atoms with Crippen molar-refractivity contribution in [2.75, 3.05) is 47.5 Å².